The Hall–Kier alpha value is -4.30. The number of fused-ring (bicyclic) bond motifs is 1. The molecule has 11 heteroatoms. The standard InChI is InChI=1S/C29H26F4N6O/c1-3-22-16-38(25-12-26(40)37-23-11-9-21(13-34)36-27(23)25)17(2)15-39(22)28(18-4-7-20(30)8-5-18)24-10-6-19(14-35-24)29(31,32)33/h4-12,14,17,22,28H,3,15-16H2,1-2H3,(H,37,40)/t17-,22+,28?/m0/s1. The predicted molar refractivity (Wildman–Crippen MR) is 142 cm³/mol. The van der Waals surface area contributed by atoms with E-state index < -0.39 is 23.6 Å². The quantitative estimate of drug-likeness (QED) is 0.334. The molecule has 1 unspecified atom stereocenters. The maximum Gasteiger partial charge on any atom is 0.417 e. The molecule has 1 N–H and O–H groups in total. The van der Waals surface area contributed by atoms with Crippen LogP contribution in [0.3, 0.4) is 0 Å². The summed E-state index contributed by atoms with van der Waals surface area (Å²) >= 11 is 0. The molecule has 3 atom stereocenters. The van der Waals surface area contributed by atoms with Crippen LogP contribution in [0.25, 0.3) is 11.0 Å². The third kappa shape index (κ3) is 5.27. The van der Waals surface area contributed by atoms with Crippen molar-refractivity contribution in [3.05, 3.63) is 99.5 Å². The number of benzene rings is 1. The molecule has 0 amide bonds. The molecular weight excluding hydrogens is 524 g/mol. The number of alkyl halides is 3. The van der Waals surface area contributed by atoms with Crippen LogP contribution in [-0.4, -0.2) is 45.0 Å². The van der Waals surface area contributed by atoms with Gasteiger partial charge in [-0.25, -0.2) is 9.37 Å². The van der Waals surface area contributed by atoms with Crippen molar-refractivity contribution in [3.8, 4) is 6.07 Å². The van der Waals surface area contributed by atoms with Crippen molar-refractivity contribution in [2.75, 3.05) is 18.0 Å². The predicted octanol–water partition coefficient (Wildman–Crippen LogP) is 5.43. The molecule has 1 aromatic carbocycles. The first kappa shape index (κ1) is 27.3. The topological polar surface area (TPSA) is 88.9 Å². The van der Waals surface area contributed by atoms with Gasteiger partial charge in [-0.05, 0) is 55.3 Å². The maximum atomic E-state index is 13.8. The van der Waals surface area contributed by atoms with E-state index >= 15 is 0 Å². The molecule has 4 aromatic rings. The average molecular weight is 551 g/mol. The van der Waals surface area contributed by atoms with E-state index in [1.165, 1.54) is 24.3 Å². The first-order valence-corrected chi connectivity index (χ1v) is 12.8. The zero-order valence-electron chi connectivity index (χ0n) is 21.8. The zero-order chi connectivity index (χ0) is 28.6. The van der Waals surface area contributed by atoms with E-state index in [4.69, 9.17) is 0 Å². The molecule has 1 aliphatic rings. The van der Waals surface area contributed by atoms with E-state index in [2.05, 4.69) is 24.8 Å². The van der Waals surface area contributed by atoms with Crippen LogP contribution >= 0.6 is 0 Å². The fourth-order valence-corrected chi connectivity index (χ4v) is 5.39. The number of nitrogens with one attached hydrogen (secondary N) is 1. The molecule has 0 saturated carbocycles. The van der Waals surface area contributed by atoms with E-state index in [1.54, 1.807) is 24.3 Å². The van der Waals surface area contributed by atoms with Crippen molar-refractivity contribution >= 4 is 16.7 Å². The molecule has 0 aliphatic carbocycles. The van der Waals surface area contributed by atoms with Gasteiger partial charge in [0.1, 0.15) is 23.1 Å². The number of hydrogen-bond acceptors (Lipinski definition) is 6. The first-order chi connectivity index (χ1) is 19.1. The summed E-state index contributed by atoms with van der Waals surface area (Å²) in [6.07, 6.45) is -3.01. The molecule has 7 nitrogen and oxygen atoms in total. The largest absolute Gasteiger partial charge is 0.417 e. The molecule has 1 fully saturated rings. The number of pyridine rings is 3. The number of halogens is 4. The van der Waals surface area contributed by atoms with E-state index in [9.17, 15) is 27.6 Å². The van der Waals surface area contributed by atoms with Crippen LogP contribution in [0, 0.1) is 17.1 Å². The maximum absolute atomic E-state index is 13.8. The SMILES string of the molecule is CC[C@@H]1CN(c2cc(=O)[nH]c3ccc(C#N)nc23)[C@@H](C)CN1C(c1ccc(F)cc1)c1ccc(C(F)(F)F)cn1. The molecule has 40 heavy (non-hydrogen) atoms. The van der Waals surface area contributed by atoms with Crippen molar-refractivity contribution < 1.29 is 17.6 Å². The lowest BCUT2D eigenvalue weighted by molar-refractivity contribution is -0.137. The summed E-state index contributed by atoms with van der Waals surface area (Å²) < 4.78 is 53.6. The molecule has 5 rings (SSSR count). The van der Waals surface area contributed by atoms with Gasteiger partial charge in [0.2, 0.25) is 0 Å². The zero-order valence-corrected chi connectivity index (χ0v) is 21.8. The van der Waals surface area contributed by atoms with Crippen LogP contribution < -0.4 is 10.5 Å². The van der Waals surface area contributed by atoms with Crippen molar-refractivity contribution in [2.45, 2.75) is 44.6 Å². The Balaban J connectivity index is 1.56. The third-order valence-electron chi connectivity index (χ3n) is 7.35. The van der Waals surface area contributed by atoms with Crippen LogP contribution in [-0.2, 0) is 6.18 Å². The van der Waals surface area contributed by atoms with Crippen molar-refractivity contribution in [1.29, 1.82) is 5.26 Å². The molecular formula is C29H26F4N6O. The lowest BCUT2D eigenvalue weighted by Gasteiger charge is -2.49. The number of anilines is 1. The molecule has 206 valence electrons. The van der Waals surface area contributed by atoms with Crippen molar-refractivity contribution in [3.63, 3.8) is 0 Å². The summed E-state index contributed by atoms with van der Waals surface area (Å²) in [4.78, 5) is 28.2. The van der Waals surface area contributed by atoms with Crippen LogP contribution in [0.5, 0.6) is 0 Å². The Bertz CT molecular complexity index is 1610. The van der Waals surface area contributed by atoms with Gasteiger partial charge < -0.3 is 9.88 Å². The van der Waals surface area contributed by atoms with E-state index in [1.807, 2.05) is 19.9 Å². The number of rotatable bonds is 5. The number of H-pyrrole nitrogens is 1. The van der Waals surface area contributed by atoms with Gasteiger partial charge in [-0.2, -0.15) is 18.4 Å². The third-order valence-corrected chi connectivity index (χ3v) is 7.35. The lowest BCUT2D eigenvalue weighted by atomic mass is 9.94. The summed E-state index contributed by atoms with van der Waals surface area (Å²) in [5, 5.41) is 9.38. The smallest absolute Gasteiger partial charge is 0.364 e. The molecule has 0 radical (unpaired) electrons. The Morgan fingerprint density at radius 2 is 1.88 bits per heavy atom. The highest BCUT2D eigenvalue weighted by Crippen LogP contribution is 2.37. The van der Waals surface area contributed by atoms with Crippen LogP contribution in [0.1, 0.15) is 48.8 Å². The minimum atomic E-state index is -4.52. The van der Waals surface area contributed by atoms with Crippen molar-refractivity contribution in [1.82, 2.24) is 19.9 Å². The summed E-state index contributed by atoms with van der Waals surface area (Å²) in [6.45, 7) is 4.94. The van der Waals surface area contributed by atoms with E-state index in [0.29, 0.717) is 47.5 Å². The highest BCUT2D eigenvalue weighted by atomic mass is 19.4. The number of piperazine rings is 1. The van der Waals surface area contributed by atoms with Gasteiger partial charge in [0.05, 0.1) is 28.5 Å². The second kappa shape index (κ2) is 10.7. The molecule has 4 heterocycles. The lowest BCUT2D eigenvalue weighted by Crippen LogP contribution is -2.58. The van der Waals surface area contributed by atoms with Gasteiger partial charge in [-0.15, -0.1) is 0 Å². The van der Waals surface area contributed by atoms with Gasteiger partial charge in [0.25, 0.3) is 5.56 Å². The van der Waals surface area contributed by atoms with E-state index in [0.717, 1.165) is 12.3 Å². The minimum Gasteiger partial charge on any atom is -0.364 e. The van der Waals surface area contributed by atoms with Crippen molar-refractivity contribution in [2.24, 2.45) is 0 Å². The minimum absolute atomic E-state index is 0.108. The number of hydrogen-bond donors (Lipinski definition) is 1. The fraction of sp³-hybridized carbons (Fsp3) is 0.310. The summed E-state index contributed by atoms with van der Waals surface area (Å²) in [5.41, 5.74) is 1.84. The molecule has 1 aliphatic heterocycles. The summed E-state index contributed by atoms with van der Waals surface area (Å²) in [5.74, 6) is -0.418. The molecule has 0 bridgehead atoms. The number of aromatic amines is 1. The van der Waals surface area contributed by atoms with Crippen LogP contribution in [0.15, 0.2) is 65.6 Å². The number of nitrogens with zero attached hydrogens (tertiary/aromatic N) is 5. The van der Waals surface area contributed by atoms with Gasteiger partial charge in [-0.1, -0.05) is 19.1 Å². The van der Waals surface area contributed by atoms with Gasteiger partial charge in [-0.3, -0.25) is 14.7 Å². The average Bonchev–Trinajstić information content (AvgIpc) is 2.93. The monoisotopic (exact) mass is 550 g/mol. The second-order valence-electron chi connectivity index (χ2n) is 9.91. The fourth-order valence-electron chi connectivity index (χ4n) is 5.39. The Labute approximate surface area is 227 Å². The van der Waals surface area contributed by atoms with E-state index in [-0.39, 0.29) is 23.3 Å². The van der Waals surface area contributed by atoms with Gasteiger partial charge in [0.15, 0.2) is 0 Å². The summed E-state index contributed by atoms with van der Waals surface area (Å²) in [7, 11) is 0. The van der Waals surface area contributed by atoms with Crippen LogP contribution in [0.4, 0.5) is 23.2 Å². The normalized spacial score (nSPS) is 19.0. The molecule has 0 spiro atoms. The second-order valence-corrected chi connectivity index (χ2v) is 9.91. The Kier molecular flexibility index (Phi) is 7.29. The molecule has 1 saturated heterocycles. The van der Waals surface area contributed by atoms with Crippen LogP contribution in [0.2, 0.25) is 0 Å². The first-order valence-electron chi connectivity index (χ1n) is 12.8. The Morgan fingerprint density at radius 1 is 1.12 bits per heavy atom. The molecule has 3 aromatic heterocycles. The highest BCUT2D eigenvalue weighted by molar-refractivity contribution is 5.88. The summed E-state index contributed by atoms with van der Waals surface area (Å²) in [6, 6.07) is 14.2. The highest BCUT2D eigenvalue weighted by Gasteiger charge is 2.38. The Morgan fingerprint density at radius 3 is 2.50 bits per heavy atom. The van der Waals surface area contributed by atoms with Gasteiger partial charge in [0, 0.05) is 37.4 Å². The number of nitriles is 1. The number of aromatic nitrogens is 3. The van der Waals surface area contributed by atoms with Gasteiger partial charge >= 0.3 is 6.18 Å².